The van der Waals surface area contributed by atoms with Crippen molar-refractivity contribution < 1.29 is 4.79 Å². The van der Waals surface area contributed by atoms with E-state index in [4.69, 9.17) is 0 Å². The SMILES string of the molecule is CCC(=O)N1CCC(n2c(=O)[nH]c3ccccc32)CC1. The standard InChI is InChI=1S/C15H19N3O2/c1-2-14(19)17-9-7-11(8-10-17)18-13-6-4-3-5-12(13)16-15(18)20/h3-6,11H,2,7-10H2,1H3,(H,16,20). The molecule has 1 aromatic heterocycles. The zero-order valence-corrected chi connectivity index (χ0v) is 11.6. The number of carbonyl (C=O) groups is 1. The number of rotatable bonds is 2. The third-order valence-electron chi connectivity index (χ3n) is 4.11. The van der Waals surface area contributed by atoms with Gasteiger partial charge in [-0.3, -0.25) is 9.36 Å². The van der Waals surface area contributed by atoms with Crippen molar-refractivity contribution in [3.8, 4) is 0 Å². The van der Waals surface area contributed by atoms with Gasteiger partial charge in [0.1, 0.15) is 0 Å². The first kappa shape index (κ1) is 13.0. The molecule has 1 amide bonds. The third-order valence-corrected chi connectivity index (χ3v) is 4.11. The molecule has 5 nitrogen and oxygen atoms in total. The summed E-state index contributed by atoms with van der Waals surface area (Å²) in [6.07, 6.45) is 2.23. The second-order valence-electron chi connectivity index (χ2n) is 5.28. The second-order valence-corrected chi connectivity index (χ2v) is 5.28. The molecule has 0 radical (unpaired) electrons. The van der Waals surface area contributed by atoms with Crippen molar-refractivity contribution in [1.82, 2.24) is 14.5 Å². The summed E-state index contributed by atoms with van der Waals surface area (Å²) in [6.45, 7) is 3.37. The van der Waals surface area contributed by atoms with Gasteiger partial charge in [0.05, 0.1) is 11.0 Å². The van der Waals surface area contributed by atoms with Gasteiger partial charge in [-0.05, 0) is 25.0 Å². The van der Waals surface area contributed by atoms with Crippen LogP contribution in [-0.4, -0.2) is 33.4 Å². The van der Waals surface area contributed by atoms with Gasteiger partial charge in [-0.1, -0.05) is 19.1 Å². The van der Waals surface area contributed by atoms with Gasteiger partial charge in [0, 0.05) is 25.6 Å². The van der Waals surface area contributed by atoms with Gasteiger partial charge in [0.15, 0.2) is 0 Å². The van der Waals surface area contributed by atoms with Crippen LogP contribution in [0, 0.1) is 0 Å². The van der Waals surface area contributed by atoms with E-state index in [1.54, 1.807) is 0 Å². The number of hydrogen-bond acceptors (Lipinski definition) is 2. The lowest BCUT2D eigenvalue weighted by molar-refractivity contribution is -0.132. The van der Waals surface area contributed by atoms with Gasteiger partial charge >= 0.3 is 5.69 Å². The second kappa shape index (κ2) is 5.15. The fraction of sp³-hybridized carbons (Fsp3) is 0.467. The number of aromatic amines is 1. The molecule has 1 aromatic carbocycles. The fourth-order valence-corrected chi connectivity index (χ4v) is 3.03. The highest BCUT2D eigenvalue weighted by atomic mass is 16.2. The van der Waals surface area contributed by atoms with Crippen LogP contribution in [0.25, 0.3) is 11.0 Å². The molecule has 2 heterocycles. The number of likely N-dealkylation sites (tertiary alicyclic amines) is 1. The largest absolute Gasteiger partial charge is 0.343 e. The minimum atomic E-state index is -0.0496. The van der Waals surface area contributed by atoms with E-state index in [0.717, 1.165) is 37.0 Å². The molecule has 1 saturated heterocycles. The van der Waals surface area contributed by atoms with Crippen LogP contribution in [0.2, 0.25) is 0 Å². The number of H-pyrrole nitrogens is 1. The Morgan fingerprint density at radius 3 is 2.70 bits per heavy atom. The molecule has 3 rings (SSSR count). The number of aromatic nitrogens is 2. The summed E-state index contributed by atoms with van der Waals surface area (Å²) < 4.78 is 1.85. The molecule has 1 N–H and O–H groups in total. The molecule has 0 unspecified atom stereocenters. The van der Waals surface area contributed by atoms with Crippen molar-refractivity contribution in [2.45, 2.75) is 32.2 Å². The Hall–Kier alpha value is -2.04. The van der Waals surface area contributed by atoms with E-state index >= 15 is 0 Å². The van der Waals surface area contributed by atoms with Crippen molar-refractivity contribution in [2.75, 3.05) is 13.1 Å². The van der Waals surface area contributed by atoms with Crippen molar-refractivity contribution >= 4 is 16.9 Å². The highest BCUT2D eigenvalue weighted by Gasteiger charge is 2.25. The number of imidazole rings is 1. The van der Waals surface area contributed by atoms with E-state index in [1.165, 1.54) is 0 Å². The van der Waals surface area contributed by atoms with Gasteiger partial charge in [-0.15, -0.1) is 0 Å². The molecular weight excluding hydrogens is 254 g/mol. The number of nitrogens with one attached hydrogen (secondary N) is 1. The smallest absolute Gasteiger partial charge is 0.326 e. The van der Waals surface area contributed by atoms with Crippen LogP contribution < -0.4 is 5.69 Å². The number of fused-ring (bicyclic) bond motifs is 1. The molecule has 0 spiro atoms. The monoisotopic (exact) mass is 273 g/mol. The molecule has 0 aliphatic carbocycles. The zero-order valence-electron chi connectivity index (χ0n) is 11.6. The van der Waals surface area contributed by atoms with Crippen LogP contribution in [0.4, 0.5) is 0 Å². The van der Waals surface area contributed by atoms with Crippen LogP contribution in [0.5, 0.6) is 0 Å². The quantitative estimate of drug-likeness (QED) is 0.908. The van der Waals surface area contributed by atoms with Crippen molar-refractivity contribution in [3.05, 3.63) is 34.7 Å². The molecule has 1 aliphatic rings. The summed E-state index contributed by atoms with van der Waals surface area (Å²) in [5.41, 5.74) is 1.79. The first-order chi connectivity index (χ1) is 9.70. The van der Waals surface area contributed by atoms with Crippen LogP contribution in [0.15, 0.2) is 29.1 Å². The van der Waals surface area contributed by atoms with Crippen LogP contribution in [0.1, 0.15) is 32.2 Å². The number of piperidine rings is 1. The molecule has 1 fully saturated rings. The molecule has 2 aromatic rings. The summed E-state index contributed by atoms with van der Waals surface area (Å²) in [5, 5.41) is 0. The summed E-state index contributed by atoms with van der Waals surface area (Å²) in [7, 11) is 0. The number of para-hydroxylation sites is 2. The highest BCUT2D eigenvalue weighted by Crippen LogP contribution is 2.24. The minimum absolute atomic E-state index is 0.0496. The fourth-order valence-electron chi connectivity index (χ4n) is 3.03. The Morgan fingerprint density at radius 1 is 1.30 bits per heavy atom. The van der Waals surface area contributed by atoms with Gasteiger partial charge in [-0.2, -0.15) is 0 Å². The molecular formula is C15H19N3O2. The maximum Gasteiger partial charge on any atom is 0.326 e. The first-order valence-electron chi connectivity index (χ1n) is 7.17. The minimum Gasteiger partial charge on any atom is -0.343 e. The zero-order chi connectivity index (χ0) is 14.1. The Bertz CT molecular complexity index is 678. The predicted molar refractivity (Wildman–Crippen MR) is 77.7 cm³/mol. The molecule has 1 aliphatic heterocycles. The lowest BCUT2D eigenvalue weighted by Gasteiger charge is -2.32. The molecule has 106 valence electrons. The average molecular weight is 273 g/mol. The maximum absolute atomic E-state index is 12.1. The van der Waals surface area contributed by atoms with E-state index in [2.05, 4.69) is 4.98 Å². The van der Waals surface area contributed by atoms with E-state index in [0.29, 0.717) is 6.42 Å². The van der Waals surface area contributed by atoms with Gasteiger partial charge < -0.3 is 9.88 Å². The van der Waals surface area contributed by atoms with Crippen LogP contribution >= 0.6 is 0 Å². The summed E-state index contributed by atoms with van der Waals surface area (Å²) in [4.78, 5) is 28.6. The Kier molecular flexibility index (Phi) is 3.34. The van der Waals surface area contributed by atoms with Gasteiger partial charge in [0.25, 0.3) is 0 Å². The number of carbonyl (C=O) groups excluding carboxylic acids is 1. The van der Waals surface area contributed by atoms with Crippen molar-refractivity contribution in [2.24, 2.45) is 0 Å². The summed E-state index contributed by atoms with van der Waals surface area (Å²) in [6, 6.07) is 7.94. The van der Waals surface area contributed by atoms with E-state index in [9.17, 15) is 9.59 Å². The first-order valence-corrected chi connectivity index (χ1v) is 7.17. The molecule has 20 heavy (non-hydrogen) atoms. The third kappa shape index (κ3) is 2.13. The Morgan fingerprint density at radius 2 is 2.00 bits per heavy atom. The molecule has 0 atom stereocenters. The van der Waals surface area contributed by atoms with Gasteiger partial charge in [0.2, 0.25) is 5.91 Å². The van der Waals surface area contributed by atoms with Crippen LogP contribution in [-0.2, 0) is 4.79 Å². The van der Waals surface area contributed by atoms with Gasteiger partial charge in [-0.25, -0.2) is 4.79 Å². The summed E-state index contributed by atoms with van der Waals surface area (Å²) in [5.74, 6) is 0.203. The topological polar surface area (TPSA) is 58.1 Å². The highest BCUT2D eigenvalue weighted by molar-refractivity contribution is 5.76. The van der Waals surface area contributed by atoms with Crippen molar-refractivity contribution in [3.63, 3.8) is 0 Å². The number of nitrogens with zero attached hydrogens (tertiary/aromatic N) is 2. The van der Waals surface area contributed by atoms with E-state index < -0.39 is 0 Å². The lowest BCUT2D eigenvalue weighted by Crippen LogP contribution is -2.40. The maximum atomic E-state index is 12.1. The van der Waals surface area contributed by atoms with Crippen LogP contribution in [0.3, 0.4) is 0 Å². The number of amides is 1. The normalized spacial score (nSPS) is 16.8. The molecule has 5 heteroatoms. The van der Waals surface area contributed by atoms with E-state index in [-0.39, 0.29) is 17.6 Å². The number of hydrogen-bond donors (Lipinski definition) is 1. The average Bonchev–Trinajstić information content (AvgIpc) is 2.82. The predicted octanol–water partition coefficient (Wildman–Crippen LogP) is 1.90. The molecule has 0 saturated carbocycles. The molecule has 0 bridgehead atoms. The Labute approximate surface area is 117 Å². The lowest BCUT2D eigenvalue weighted by atomic mass is 10.0. The summed E-state index contributed by atoms with van der Waals surface area (Å²) >= 11 is 0. The number of benzene rings is 1. The van der Waals surface area contributed by atoms with E-state index in [1.807, 2.05) is 40.7 Å². The Balaban J connectivity index is 1.85. The van der Waals surface area contributed by atoms with Crippen molar-refractivity contribution in [1.29, 1.82) is 0 Å².